The molecule has 23 heavy (non-hydrogen) atoms. The number of hydrogen-bond donors (Lipinski definition) is 0. The van der Waals surface area contributed by atoms with Gasteiger partial charge in [0.1, 0.15) is 6.54 Å². The highest BCUT2D eigenvalue weighted by atomic mass is 32.2. The highest BCUT2D eigenvalue weighted by molar-refractivity contribution is 8.13. The first-order chi connectivity index (χ1) is 11.1. The summed E-state index contributed by atoms with van der Waals surface area (Å²) in [5.74, 6) is 0.702. The van der Waals surface area contributed by atoms with Gasteiger partial charge in [-0.05, 0) is 12.1 Å². The van der Waals surface area contributed by atoms with Gasteiger partial charge < -0.3 is 9.80 Å². The monoisotopic (exact) mass is 330 g/mol. The van der Waals surface area contributed by atoms with Crippen molar-refractivity contribution in [3.05, 3.63) is 48.3 Å². The van der Waals surface area contributed by atoms with Crippen LogP contribution in [0.15, 0.2) is 42.7 Å². The largest absolute Gasteiger partial charge is 0.340 e. The molecule has 0 radical (unpaired) electrons. The highest BCUT2D eigenvalue weighted by Crippen LogP contribution is 2.17. The van der Waals surface area contributed by atoms with E-state index in [2.05, 4.69) is 5.10 Å². The fourth-order valence-corrected chi connectivity index (χ4v) is 3.20. The van der Waals surface area contributed by atoms with Gasteiger partial charge in [-0.25, -0.2) is 4.68 Å². The van der Waals surface area contributed by atoms with Crippen LogP contribution < -0.4 is 0 Å². The minimum absolute atomic E-state index is 0.0105. The predicted octanol–water partition coefficient (Wildman–Crippen LogP) is 2.00. The Kier molecular flexibility index (Phi) is 4.66. The van der Waals surface area contributed by atoms with Gasteiger partial charge in [-0.1, -0.05) is 30.0 Å². The van der Waals surface area contributed by atoms with E-state index in [1.165, 1.54) is 11.8 Å². The minimum Gasteiger partial charge on any atom is -0.340 e. The summed E-state index contributed by atoms with van der Waals surface area (Å²) >= 11 is 1.27. The molecule has 0 bridgehead atoms. The number of para-hydroxylation sites is 1. The summed E-state index contributed by atoms with van der Waals surface area (Å²) in [5, 5.41) is 4.31. The van der Waals surface area contributed by atoms with Crippen LogP contribution in [0.5, 0.6) is 0 Å². The maximum Gasteiger partial charge on any atom is 0.282 e. The molecule has 0 saturated carbocycles. The summed E-state index contributed by atoms with van der Waals surface area (Å²) in [4.78, 5) is 27.0. The van der Waals surface area contributed by atoms with Gasteiger partial charge in [-0.15, -0.1) is 0 Å². The molecular weight excluding hydrogens is 312 g/mol. The molecule has 1 saturated heterocycles. The molecular formula is C16H18N4O2S. The van der Waals surface area contributed by atoms with Gasteiger partial charge in [0.15, 0.2) is 0 Å². The molecule has 0 aliphatic carbocycles. The van der Waals surface area contributed by atoms with Crippen molar-refractivity contribution in [2.75, 3.05) is 25.9 Å². The van der Waals surface area contributed by atoms with Crippen LogP contribution in [0.3, 0.4) is 0 Å². The van der Waals surface area contributed by atoms with Gasteiger partial charge >= 0.3 is 0 Å². The number of thioether (sulfide) groups is 1. The van der Waals surface area contributed by atoms with Crippen molar-refractivity contribution in [2.45, 2.75) is 6.54 Å². The van der Waals surface area contributed by atoms with Gasteiger partial charge in [0.25, 0.3) is 5.24 Å². The Morgan fingerprint density at radius 1 is 1.35 bits per heavy atom. The van der Waals surface area contributed by atoms with Crippen molar-refractivity contribution < 1.29 is 9.59 Å². The standard InChI is InChI=1S/C16H18N4O2S/c1-18(15(21)12-19-7-8-23-16(19)22)10-13-9-17-20(11-13)14-5-3-2-4-6-14/h2-6,9,11H,7-8,10,12H2,1H3. The second-order valence-electron chi connectivity index (χ2n) is 5.41. The van der Waals surface area contributed by atoms with Crippen molar-refractivity contribution in [1.29, 1.82) is 0 Å². The Bertz CT molecular complexity index is 701. The zero-order valence-electron chi connectivity index (χ0n) is 12.9. The van der Waals surface area contributed by atoms with Crippen molar-refractivity contribution in [1.82, 2.24) is 19.6 Å². The summed E-state index contributed by atoms with van der Waals surface area (Å²) in [6.07, 6.45) is 3.67. The third-order valence-electron chi connectivity index (χ3n) is 3.67. The Labute approximate surface area is 139 Å². The Morgan fingerprint density at radius 2 is 2.13 bits per heavy atom. The maximum absolute atomic E-state index is 12.2. The van der Waals surface area contributed by atoms with Crippen molar-refractivity contribution in [3.63, 3.8) is 0 Å². The molecule has 1 fully saturated rings. The van der Waals surface area contributed by atoms with Crippen LogP contribution in [0, 0.1) is 0 Å². The lowest BCUT2D eigenvalue weighted by atomic mass is 10.3. The fourth-order valence-electron chi connectivity index (χ4n) is 2.38. The molecule has 0 N–H and O–H groups in total. The van der Waals surface area contributed by atoms with E-state index in [1.807, 2.05) is 36.5 Å². The van der Waals surface area contributed by atoms with E-state index < -0.39 is 0 Å². The molecule has 0 atom stereocenters. The van der Waals surface area contributed by atoms with E-state index in [4.69, 9.17) is 0 Å². The molecule has 0 spiro atoms. The van der Waals surface area contributed by atoms with Crippen LogP contribution in [0.2, 0.25) is 0 Å². The molecule has 6 nitrogen and oxygen atoms in total. The van der Waals surface area contributed by atoms with Crippen molar-refractivity contribution >= 4 is 22.9 Å². The molecule has 7 heteroatoms. The van der Waals surface area contributed by atoms with Gasteiger partial charge in [0, 0.05) is 37.7 Å². The van der Waals surface area contributed by atoms with E-state index in [1.54, 1.807) is 27.7 Å². The first-order valence-corrected chi connectivity index (χ1v) is 8.36. The van der Waals surface area contributed by atoms with Crippen LogP contribution in [0.25, 0.3) is 5.69 Å². The van der Waals surface area contributed by atoms with E-state index >= 15 is 0 Å². The number of carbonyl (C=O) groups excluding carboxylic acids is 2. The molecule has 1 aromatic carbocycles. The van der Waals surface area contributed by atoms with E-state index in [-0.39, 0.29) is 17.7 Å². The third kappa shape index (κ3) is 3.73. The average Bonchev–Trinajstić information content (AvgIpc) is 3.18. The van der Waals surface area contributed by atoms with Gasteiger partial charge in [0.05, 0.1) is 11.9 Å². The van der Waals surface area contributed by atoms with Gasteiger partial charge in [0.2, 0.25) is 5.91 Å². The third-order valence-corrected chi connectivity index (χ3v) is 4.57. The molecule has 1 aliphatic rings. The molecule has 3 rings (SSSR count). The quantitative estimate of drug-likeness (QED) is 0.841. The summed E-state index contributed by atoms with van der Waals surface area (Å²) in [7, 11) is 1.75. The molecule has 2 heterocycles. The number of aromatic nitrogens is 2. The SMILES string of the molecule is CN(Cc1cnn(-c2ccccc2)c1)C(=O)CN1CCSC1=O. The van der Waals surface area contributed by atoms with E-state index in [0.29, 0.717) is 13.1 Å². The zero-order chi connectivity index (χ0) is 16.2. The fraction of sp³-hybridized carbons (Fsp3) is 0.312. The predicted molar refractivity (Wildman–Crippen MR) is 89.5 cm³/mol. The Hall–Kier alpha value is -2.28. The smallest absolute Gasteiger partial charge is 0.282 e. The number of amides is 2. The van der Waals surface area contributed by atoms with Crippen LogP contribution in [-0.4, -0.2) is 56.6 Å². The lowest BCUT2D eigenvalue weighted by Gasteiger charge is -2.20. The minimum atomic E-state index is -0.0617. The lowest BCUT2D eigenvalue weighted by molar-refractivity contribution is -0.130. The summed E-state index contributed by atoms with van der Waals surface area (Å²) in [6.45, 7) is 1.27. The van der Waals surface area contributed by atoms with Crippen LogP contribution in [-0.2, 0) is 11.3 Å². The first-order valence-electron chi connectivity index (χ1n) is 7.38. The van der Waals surface area contributed by atoms with E-state index in [0.717, 1.165) is 17.0 Å². The molecule has 2 amide bonds. The van der Waals surface area contributed by atoms with Gasteiger partial charge in [-0.2, -0.15) is 5.10 Å². The second-order valence-corrected chi connectivity index (χ2v) is 6.46. The van der Waals surface area contributed by atoms with E-state index in [9.17, 15) is 9.59 Å². The maximum atomic E-state index is 12.2. The number of likely N-dealkylation sites (N-methyl/N-ethyl adjacent to an activating group) is 1. The zero-order valence-corrected chi connectivity index (χ0v) is 13.7. The number of nitrogens with zero attached hydrogens (tertiary/aromatic N) is 4. The first kappa shape index (κ1) is 15.6. The highest BCUT2D eigenvalue weighted by Gasteiger charge is 2.24. The Balaban J connectivity index is 1.59. The number of benzene rings is 1. The summed E-state index contributed by atoms with van der Waals surface area (Å²) in [6, 6.07) is 9.82. The molecule has 2 aromatic rings. The second kappa shape index (κ2) is 6.87. The molecule has 1 aromatic heterocycles. The summed E-state index contributed by atoms with van der Waals surface area (Å²) in [5.41, 5.74) is 1.93. The number of hydrogen-bond acceptors (Lipinski definition) is 4. The molecule has 0 unspecified atom stereocenters. The Morgan fingerprint density at radius 3 is 2.83 bits per heavy atom. The van der Waals surface area contributed by atoms with Crippen molar-refractivity contribution in [2.24, 2.45) is 0 Å². The molecule has 1 aliphatic heterocycles. The normalized spacial score (nSPS) is 14.3. The van der Waals surface area contributed by atoms with Crippen LogP contribution in [0.1, 0.15) is 5.56 Å². The number of carbonyl (C=O) groups is 2. The summed E-state index contributed by atoms with van der Waals surface area (Å²) < 4.78 is 1.79. The molecule has 120 valence electrons. The lowest BCUT2D eigenvalue weighted by Crippen LogP contribution is -2.38. The average molecular weight is 330 g/mol. The number of rotatable bonds is 5. The van der Waals surface area contributed by atoms with Crippen LogP contribution in [0.4, 0.5) is 4.79 Å². The van der Waals surface area contributed by atoms with Crippen molar-refractivity contribution in [3.8, 4) is 5.69 Å². The topological polar surface area (TPSA) is 58.4 Å². The van der Waals surface area contributed by atoms with Crippen LogP contribution >= 0.6 is 11.8 Å². The van der Waals surface area contributed by atoms with Gasteiger partial charge in [-0.3, -0.25) is 9.59 Å².